The van der Waals surface area contributed by atoms with Crippen molar-refractivity contribution in [2.75, 3.05) is 18.4 Å². The lowest BCUT2D eigenvalue weighted by Crippen LogP contribution is -2.60. The SMILES string of the molecule is Cc1nc(NC2CC(C)(C)NC(C)(C)C2)cc(C(=O)N2CCCCC2)n1. The van der Waals surface area contributed by atoms with Crippen LogP contribution in [0.3, 0.4) is 0 Å². The Morgan fingerprint density at radius 2 is 1.73 bits per heavy atom. The maximum atomic E-state index is 12.8. The van der Waals surface area contributed by atoms with E-state index in [-0.39, 0.29) is 17.0 Å². The Balaban J connectivity index is 1.76. The molecule has 144 valence electrons. The van der Waals surface area contributed by atoms with Crippen molar-refractivity contribution in [2.45, 2.75) is 83.8 Å². The van der Waals surface area contributed by atoms with Gasteiger partial charge < -0.3 is 15.5 Å². The first kappa shape index (κ1) is 19.1. The van der Waals surface area contributed by atoms with E-state index in [0.717, 1.165) is 44.6 Å². The van der Waals surface area contributed by atoms with Crippen molar-refractivity contribution in [2.24, 2.45) is 0 Å². The molecule has 0 radical (unpaired) electrons. The molecule has 1 amide bonds. The summed E-state index contributed by atoms with van der Waals surface area (Å²) in [5, 5.41) is 7.27. The quantitative estimate of drug-likeness (QED) is 0.868. The first-order valence-electron chi connectivity index (χ1n) is 9.84. The van der Waals surface area contributed by atoms with E-state index in [4.69, 9.17) is 0 Å². The van der Waals surface area contributed by atoms with Crippen molar-refractivity contribution < 1.29 is 4.79 Å². The first-order valence-corrected chi connectivity index (χ1v) is 9.84. The van der Waals surface area contributed by atoms with Crippen molar-refractivity contribution in [3.8, 4) is 0 Å². The number of aryl methyl sites for hydroxylation is 1. The summed E-state index contributed by atoms with van der Waals surface area (Å²) in [5.74, 6) is 1.43. The number of piperidine rings is 2. The van der Waals surface area contributed by atoms with Crippen LogP contribution in [0.25, 0.3) is 0 Å². The smallest absolute Gasteiger partial charge is 0.272 e. The third-order valence-electron chi connectivity index (χ3n) is 5.24. The summed E-state index contributed by atoms with van der Waals surface area (Å²) >= 11 is 0. The molecule has 6 nitrogen and oxygen atoms in total. The minimum Gasteiger partial charge on any atom is -0.367 e. The molecule has 2 aliphatic heterocycles. The van der Waals surface area contributed by atoms with Crippen LogP contribution in [0.4, 0.5) is 5.82 Å². The summed E-state index contributed by atoms with van der Waals surface area (Å²) in [5.41, 5.74) is 0.636. The van der Waals surface area contributed by atoms with Gasteiger partial charge in [0.05, 0.1) is 0 Å². The lowest BCUT2D eigenvalue weighted by molar-refractivity contribution is 0.0718. The number of amides is 1. The lowest BCUT2D eigenvalue weighted by atomic mass is 9.79. The van der Waals surface area contributed by atoms with E-state index < -0.39 is 0 Å². The summed E-state index contributed by atoms with van der Waals surface area (Å²) in [6.45, 7) is 12.5. The van der Waals surface area contributed by atoms with E-state index in [9.17, 15) is 4.79 Å². The molecule has 1 aromatic rings. The van der Waals surface area contributed by atoms with Gasteiger partial charge in [-0.2, -0.15) is 0 Å². The zero-order valence-corrected chi connectivity index (χ0v) is 16.9. The molecule has 6 heteroatoms. The average Bonchev–Trinajstić information content (AvgIpc) is 2.51. The first-order chi connectivity index (χ1) is 12.1. The number of carbonyl (C=O) groups excluding carboxylic acids is 1. The fourth-order valence-corrected chi connectivity index (χ4v) is 4.64. The second-order valence-corrected chi connectivity index (χ2v) is 9.18. The zero-order chi connectivity index (χ0) is 18.9. The van der Waals surface area contributed by atoms with Crippen molar-refractivity contribution in [3.63, 3.8) is 0 Å². The van der Waals surface area contributed by atoms with Gasteiger partial charge in [-0.15, -0.1) is 0 Å². The number of hydrogen-bond acceptors (Lipinski definition) is 5. The Kier molecular flexibility index (Phi) is 5.24. The Morgan fingerprint density at radius 1 is 1.12 bits per heavy atom. The molecular weight excluding hydrogens is 326 g/mol. The summed E-state index contributed by atoms with van der Waals surface area (Å²) in [6, 6.07) is 2.14. The summed E-state index contributed by atoms with van der Waals surface area (Å²) in [4.78, 5) is 23.7. The Morgan fingerprint density at radius 3 is 2.35 bits per heavy atom. The maximum absolute atomic E-state index is 12.8. The number of aromatic nitrogens is 2. The van der Waals surface area contributed by atoms with Gasteiger partial charge in [-0.25, -0.2) is 9.97 Å². The molecule has 0 unspecified atom stereocenters. The number of nitrogens with zero attached hydrogens (tertiary/aromatic N) is 3. The van der Waals surface area contributed by atoms with Crippen LogP contribution in [0.2, 0.25) is 0 Å². The molecule has 0 aromatic carbocycles. The number of nitrogens with one attached hydrogen (secondary N) is 2. The summed E-state index contributed by atoms with van der Waals surface area (Å²) in [6.07, 6.45) is 5.39. The van der Waals surface area contributed by atoms with Crippen LogP contribution in [0.1, 0.15) is 76.1 Å². The van der Waals surface area contributed by atoms with Crippen LogP contribution in [0.5, 0.6) is 0 Å². The summed E-state index contributed by atoms with van der Waals surface area (Å²) < 4.78 is 0. The third kappa shape index (κ3) is 4.72. The van der Waals surface area contributed by atoms with Gasteiger partial charge in [-0.05, 0) is 66.7 Å². The molecule has 0 aliphatic carbocycles. The van der Waals surface area contributed by atoms with Crippen molar-refractivity contribution in [1.29, 1.82) is 0 Å². The molecule has 2 saturated heterocycles. The predicted molar refractivity (Wildman–Crippen MR) is 104 cm³/mol. The van der Waals surface area contributed by atoms with Gasteiger partial charge in [0.2, 0.25) is 0 Å². The van der Waals surface area contributed by atoms with Gasteiger partial charge in [0.15, 0.2) is 0 Å². The normalized spacial score (nSPS) is 22.9. The standard InChI is InChI=1S/C20H33N5O/c1-14-21-16(18(26)25-9-7-6-8-10-25)11-17(22-14)23-15-12-19(2,3)24-20(4,5)13-15/h11,15,24H,6-10,12-13H2,1-5H3,(H,21,22,23). The van der Waals surface area contributed by atoms with Gasteiger partial charge in [0, 0.05) is 36.3 Å². The molecule has 2 N–H and O–H groups in total. The number of hydrogen-bond donors (Lipinski definition) is 2. The highest BCUT2D eigenvalue weighted by molar-refractivity contribution is 5.93. The third-order valence-corrected chi connectivity index (χ3v) is 5.24. The Labute approximate surface area is 157 Å². The molecule has 0 atom stereocenters. The zero-order valence-electron chi connectivity index (χ0n) is 16.9. The average molecular weight is 360 g/mol. The molecular formula is C20H33N5O. The Bertz CT molecular complexity index is 648. The summed E-state index contributed by atoms with van der Waals surface area (Å²) in [7, 11) is 0. The minimum absolute atomic E-state index is 0.0317. The second kappa shape index (κ2) is 7.14. The molecule has 3 heterocycles. The predicted octanol–water partition coefficient (Wildman–Crippen LogP) is 3.13. The van der Waals surface area contributed by atoms with E-state index in [1.54, 1.807) is 0 Å². The fourth-order valence-electron chi connectivity index (χ4n) is 4.64. The van der Waals surface area contributed by atoms with E-state index in [1.807, 2.05) is 17.9 Å². The van der Waals surface area contributed by atoms with Crippen LogP contribution in [0, 0.1) is 6.92 Å². The molecule has 1 aromatic heterocycles. The maximum Gasteiger partial charge on any atom is 0.272 e. The topological polar surface area (TPSA) is 70.2 Å². The molecule has 3 rings (SSSR count). The molecule has 0 saturated carbocycles. The molecule has 2 aliphatic rings. The fraction of sp³-hybridized carbons (Fsp3) is 0.750. The van der Waals surface area contributed by atoms with Gasteiger partial charge in [0.25, 0.3) is 5.91 Å². The van der Waals surface area contributed by atoms with Gasteiger partial charge >= 0.3 is 0 Å². The van der Waals surface area contributed by atoms with Crippen LogP contribution in [-0.4, -0.2) is 51.0 Å². The lowest BCUT2D eigenvalue weighted by Gasteiger charge is -2.46. The highest BCUT2D eigenvalue weighted by Crippen LogP contribution is 2.30. The van der Waals surface area contributed by atoms with Crippen LogP contribution < -0.4 is 10.6 Å². The number of rotatable bonds is 3. The van der Waals surface area contributed by atoms with Crippen LogP contribution >= 0.6 is 0 Å². The number of anilines is 1. The largest absolute Gasteiger partial charge is 0.367 e. The monoisotopic (exact) mass is 359 g/mol. The highest BCUT2D eigenvalue weighted by Gasteiger charge is 2.37. The van der Waals surface area contributed by atoms with Gasteiger partial charge in [0.1, 0.15) is 17.3 Å². The van der Waals surface area contributed by atoms with Crippen molar-refractivity contribution >= 4 is 11.7 Å². The minimum atomic E-state index is 0.0317. The van der Waals surface area contributed by atoms with Crippen LogP contribution in [0.15, 0.2) is 6.07 Å². The van der Waals surface area contributed by atoms with Crippen molar-refractivity contribution in [1.82, 2.24) is 20.2 Å². The van der Waals surface area contributed by atoms with Crippen molar-refractivity contribution in [3.05, 3.63) is 17.6 Å². The van der Waals surface area contributed by atoms with Crippen LogP contribution in [-0.2, 0) is 0 Å². The van der Waals surface area contributed by atoms with E-state index in [2.05, 4.69) is 48.3 Å². The van der Waals surface area contributed by atoms with E-state index in [1.165, 1.54) is 6.42 Å². The van der Waals surface area contributed by atoms with Gasteiger partial charge in [-0.1, -0.05) is 0 Å². The highest BCUT2D eigenvalue weighted by atomic mass is 16.2. The number of likely N-dealkylation sites (tertiary alicyclic amines) is 1. The van der Waals surface area contributed by atoms with Gasteiger partial charge in [-0.3, -0.25) is 4.79 Å². The molecule has 0 bridgehead atoms. The number of carbonyl (C=O) groups is 1. The molecule has 0 spiro atoms. The second-order valence-electron chi connectivity index (χ2n) is 9.18. The molecule has 2 fully saturated rings. The Hall–Kier alpha value is -1.69. The molecule has 26 heavy (non-hydrogen) atoms. The van der Waals surface area contributed by atoms with E-state index >= 15 is 0 Å². The van der Waals surface area contributed by atoms with E-state index in [0.29, 0.717) is 17.6 Å².